The molecule has 0 aliphatic rings. The Morgan fingerprint density at radius 2 is 2.00 bits per heavy atom. The van der Waals surface area contributed by atoms with Gasteiger partial charge in [0.05, 0.1) is 11.8 Å². The van der Waals surface area contributed by atoms with Crippen LogP contribution in [0.15, 0.2) is 30.5 Å². The molecule has 0 atom stereocenters. The number of ether oxygens (including phenoxy) is 1. The molecular formula is C11H7ClF3N3O. The van der Waals surface area contributed by atoms with Gasteiger partial charge in [-0.15, -0.1) is 0 Å². The van der Waals surface area contributed by atoms with Crippen molar-refractivity contribution >= 4 is 17.3 Å². The van der Waals surface area contributed by atoms with Gasteiger partial charge in [-0.2, -0.15) is 18.2 Å². The lowest BCUT2D eigenvalue weighted by molar-refractivity contribution is -0.137. The molecule has 0 amide bonds. The summed E-state index contributed by atoms with van der Waals surface area (Å²) in [5, 5.41) is -0.115. The Labute approximate surface area is 111 Å². The van der Waals surface area contributed by atoms with Gasteiger partial charge in [-0.3, -0.25) is 0 Å². The number of hydrogen-bond acceptors (Lipinski definition) is 4. The highest BCUT2D eigenvalue weighted by Crippen LogP contribution is 2.33. The largest absolute Gasteiger partial charge is 0.437 e. The maximum Gasteiger partial charge on any atom is 0.416 e. The molecule has 2 N–H and O–H groups in total. The van der Waals surface area contributed by atoms with E-state index in [1.165, 1.54) is 18.3 Å². The number of halogens is 4. The van der Waals surface area contributed by atoms with Crippen LogP contribution >= 0.6 is 11.6 Å². The first-order chi connectivity index (χ1) is 8.86. The van der Waals surface area contributed by atoms with Crippen LogP contribution in [0.5, 0.6) is 11.6 Å². The van der Waals surface area contributed by atoms with E-state index in [4.69, 9.17) is 22.1 Å². The molecule has 0 bridgehead atoms. The molecule has 1 heterocycles. The summed E-state index contributed by atoms with van der Waals surface area (Å²) < 4.78 is 42.7. The van der Waals surface area contributed by atoms with Crippen LogP contribution in [-0.4, -0.2) is 9.97 Å². The zero-order valence-electron chi connectivity index (χ0n) is 9.28. The molecule has 1 aromatic heterocycles. The van der Waals surface area contributed by atoms with E-state index in [9.17, 15) is 13.2 Å². The maximum absolute atomic E-state index is 12.5. The van der Waals surface area contributed by atoms with Crippen LogP contribution in [0.2, 0.25) is 5.28 Å². The van der Waals surface area contributed by atoms with Crippen LogP contribution in [0.3, 0.4) is 0 Å². The Morgan fingerprint density at radius 3 is 2.68 bits per heavy atom. The van der Waals surface area contributed by atoms with Gasteiger partial charge in [-0.25, -0.2) is 4.98 Å². The third kappa shape index (κ3) is 3.25. The lowest BCUT2D eigenvalue weighted by atomic mass is 10.2. The Balaban J connectivity index is 2.31. The molecule has 4 nitrogen and oxygen atoms in total. The zero-order chi connectivity index (χ0) is 14.0. The molecule has 0 unspecified atom stereocenters. The van der Waals surface area contributed by atoms with Crippen LogP contribution in [0, 0.1) is 0 Å². The molecule has 8 heteroatoms. The summed E-state index contributed by atoms with van der Waals surface area (Å²) >= 11 is 5.55. The minimum Gasteiger partial charge on any atom is -0.437 e. The lowest BCUT2D eigenvalue weighted by Crippen LogP contribution is -2.05. The standard InChI is InChI=1S/C11H7ClF3N3O/c12-10-17-5-8(16)9(18-10)19-7-3-1-2-6(4-7)11(13,14)15/h1-5H,16H2. The smallest absolute Gasteiger partial charge is 0.416 e. The van der Waals surface area contributed by atoms with Gasteiger partial charge in [0, 0.05) is 0 Å². The fraction of sp³-hybridized carbons (Fsp3) is 0.0909. The van der Waals surface area contributed by atoms with Crippen molar-refractivity contribution in [3.8, 4) is 11.6 Å². The van der Waals surface area contributed by atoms with Gasteiger partial charge in [0.25, 0.3) is 0 Å². The molecule has 0 aliphatic carbocycles. The molecule has 2 aromatic rings. The molecule has 100 valence electrons. The Kier molecular flexibility index (Phi) is 3.48. The van der Waals surface area contributed by atoms with Gasteiger partial charge < -0.3 is 10.5 Å². The molecule has 0 saturated heterocycles. The predicted octanol–water partition coefficient (Wildman–Crippen LogP) is 3.52. The van der Waals surface area contributed by atoms with Crippen molar-refractivity contribution in [1.29, 1.82) is 0 Å². The fourth-order valence-corrected chi connectivity index (χ4v) is 1.41. The van der Waals surface area contributed by atoms with Gasteiger partial charge in [-0.1, -0.05) is 6.07 Å². The van der Waals surface area contributed by atoms with E-state index >= 15 is 0 Å². The fourth-order valence-electron chi connectivity index (χ4n) is 1.28. The van der Waals surface area contributed by atoms with Crippen LogP contribution in [0.4, 0.5) is 18.9 Å². The number of aromatic nitrogens is 2. The summed E-state index contributed by atoms with van der Waals surface area (Å²) in [5.74, 6) is -0.143. The highest BCUT2D eigenvalue weighted by Gasteiger charge is 2.30. The molecule has 1 aromatic carbocycles. The van der Waals surface area contributed by atoms with Crippen LogP contribution in [-0.2, 0) is 6.18 Å². The second-order valence-electron chi connectivity index (χ2n) is 3.53. The van der Waals surface area contributed by atoms with E-state index in [0.717, 1.165) is 12.1 Å². The summed E-state index contributed by atoms with van der Waals surface area (Å²) in [6.07, 6.45) is -3.24. The summed E-state index contributed by atoms with van der Waals surface area (Å²) in [5.41, 5.74) is 4.77. The summed E-state index contributed by atoms with van der Waals surface area (Å²) in [6, 6.07) is 4.35. The summed E-state index contributed by atoms with van der Waals surface area (Å²) in [6.45, 7) is 0. The molecule has 0 saturated carbocycles. The third-order valence-corrected chi connectivity index (χ3v) is 2.31. The predicted molar refractivity (Wildman–Crippen MR) is 63.0 cm³/mol. The van der Waals surface area contributed by atoms with Crippen molar-refractivity contribution in [2.75, 3.05) is 5.73 Å². The topological polar surface area (TPSA) is 61.0 Å². The van der Waals surface area contributed by atoms with Crippen molar-refractivity contribution in [2.24, 2.45) is 0 Å². The number of nitrogen functional groups attached to an aromatic ring is 1. The van der Waals surface area contributed by atoms with Crippen LogP contribution in [0.1, 0.15) is 5.56 Å². The van der Waals surface area contributed by atoms with Gasteiger partial charge in [0.2, 0.25) is 11.2 Å². The van der Waals surface area contributed by atoms with Crippen molar-refractivity contribution < 1.29 is 17.9 Å². The summed E-state index contributed by atoms with van der Waals surface area (Å²) in [4.78, 5) is 7.29. The van der Waals surface area contributed by atoms with E-state index < -0.39 is 11.7 Å². The SMILES string of the molecule is Nc1cnc(Cl)nc1Oc1cccc(C(F)(F)F)c1. The number of alkyl halides is 3. The Bertz CT molecular complexity index is 604. The quantitative estimate of drug-likeness (QED) is 0.859. The normalized spacial score (nSPS) is 11.4. The monoisotopic (exact) mass is 289 g/mol. The maximum atomic E-state index is 12.5. The first-order valence-electron chi connectivity index (χ1n) is 4.99. The molecule has 0 radical (unpaired) electrons. The first-order valence-corrected chi connectivity index (χ1v) is 5.37. The van der Waals surface area contributed by atoms with E-state index in [1.54, 1.807) is 0 Å². The average molecular weight is 290 g/mol. The second-order valence-corrected chi connectivity index (χ2v) is 3.87. The highest BCUT2D eigenvalue weighted by atomic mass is 35.5. The van der Waals surface area contributed by atoms with Crippen LogP contribution < -0.4 is 10.5 Å². The van der Waals surface area contributed by atoms with Gasteiger partial charge >= 0.3 is 6.18 Å². The number of benzene rings is 1. The van der Waals surface area contributed by atoms with Gasteiger partial charge in [-0.05, 0) is 29.8 Å². The number of nitrogens with two attached hydrogens (primary N) is 1. The van der Waals surface area contributed by atoms with Crippen molar-refractivity contribution in [2.45, 2.75) is 6.18 Å². The van der Waals surface area contributed by atoms with Crippen molar-refractivity contribution in [1.82, 2.24) is 9.97 Å². The zero-order valence-corrected chi connectivity index (χ0v) is 10.0. The molecule has 19 heavy (non-hydrogen) atoms. The number of hydrogen-bond donors (Lipinski definition) is 1. The van der Waals surface area contributed by atoms with Gasteiger partial charge in [0.15, 0.2) is 0 Å². The van der Waals surface area contributed by atoms with Crippen molar-refractivity contribution in [3.63, 3.8) is 0 Å². The van der Waals surface area contributed by atoms with Gasteiger partial charge in [0.1, 0.15) is 11.4 Å². The lowest BCUT2D eigenvalue weighted by Gasteiger charge is -2.10. The van der Waals surface area contributed by atoms with E-state index in [2.05, 4.69) is 9.97 Å². The summed E-state index contributed by atoms with van der Waals surface area (Å²) in [7, 11) is 0. The molecule has 2 rings (SSSR count). The molecule has 0 aliphatic heterocycles. The van der Waals surface area contributed by atoms with E-state index in [0.29, 0.717) is 0 Å². The van der Waals surface area contributed by atoms with Crippen molar-refractivity contribution in [3.05, 3.63) is 41.3 Å². The highest BCUT2D eigenvalue weighted by molar-refractivity contribution is 6.28. The minimum absolute atomic E-state index is 0.0451. The van der Waals surface area contributed by atoms with E-state index in [-0.39, 0.29) is 22.6 Å². The Morgan fingerprint density at radius 1 is 1.26 bits per heavy atom. The first kappa shape index (κ1) is 13.4. The van der Waals surface area contributed by atoms with Crippen LogP contribution in [0.25, 0.3) is 0 Å². The number of nitrogens with zero attached hydrogens (tertiary/aromatic N) is 2. The number of rotatable bonds is 2. The third-order valence-electron chi connectivity index (χ3n) is 2.13. The average Bonchev–Trinajstić information content (AvgIpc) is 2.33. The second kappa shape index (κ2) is 4.93. The molecular weight excluding hydrogens is 283 g/mol. The Hall–Kier alpha value is -2.02. The minimum atomic E-state index is -4.45. The number of anilines is 1. The molecule has 0 fully saturated rings. The van der Waals surface area contributed by atoms with E-state index in [1.807, 2.05) is 0 Å². The molecule has 0 spiro atoms.